The maximum atomic E-state index is 15.1. The highest BCUT2D eigenvalue weighted by molar-refractivity contribution is 6.00. The van der Waals surface area contributed by atoms with Crippen LogP contribution >= 0.6 is 0 Å². The van der Waals surface area contributed by atoms with E-state index in [1.807, 2.05) is 0 Å². The fourth-order valence-electron chi connectivity index (χ4n) is 3.89. The zero-order valence-corrected chi connectivity index (χ0v) is 20.7. The molecule has 0 aromatic heterocycles. The van der Waals surface area contributed by atoms with Gasteiger partial charge in [0, 0.05) is 23.8 Å². The zero-order valence-electron chi connectivity index (χ0n) is 20.7. The fraction of sp³-hybridized carbons (Fsp3) is 0.148. The Hall–Kier alpha value is -5.13. The van der Waals surface area contributed by atoms with Crippen molar-refractivity contribution < 1.29 is 37.5 Å². The molecule has 3 aromatic rings. The van der Waals surface area contributed by atoms with Gasteiger partial charge in [-0.25, -0.2) is 28.3 Å². The molecular weight excluding hydrogens is 516 g/mol. The second kappa shape index (κ2) is 11.5. The molecule has 0 N–H and O–H groups in total. The largest absolute Gasteiger partial charge is 0.468 e. The highest BCUT2D eigenvalue weighted by atomic mass is 19.1. The molecule has 0 saturated carbocycles. The molecule has 12 heteroatoms. The number of nitro groups is 1. The van der Waals surface area contributed by atoms with Gasteiger partial charge in [0.15, 0.2) is 0 Å². The Labute approximate surface area is 220 Å². The number of allylic oxidation sites excluding steroid dienone is 1. The zero-order chi connectivity index (χ0) is 28.1. The van der Waals surface area contributed by atoms with Crippen molar-refractivity contribution in [1.29, 1.82) is 0 Å². The number of nitro benzene ring substituents is 1. The monoisotopic (exact) mass is 537 g/mol. The minimum atomic E-state index is -1.52. The molecule has 0 saturated heterocycles. The highest BCUT2D eigenvalue weighted by Gasteiger charge is 2.43. The van der Waals surface area contributed by atoms with Crippen LogP contribution < -0.4 is 4.74 Å². The fourth-order valence-corrected chi connectivity index (χ4v) is 3.89. The van der Waals surface area contributed by atoms with Gasteiger partial charge in [-0.15, -0.1) is 0 Å². The van der Waals surface area contributed by atoms with Crippen molar-refractivity contribution >= 4 is 23.8 Å². The third-order valence-corrected chi connectivity index (χ3v) is 5.71. The number of amides is 1. The summed E-state index contributed by atoms with van der Waals surface area (Å²) in [5, 5.41) is 10.9. The van der Waals surface area contributed by atoms with E-state index in [4.69, 9.17) is 14.2 Å². The second-order valence-corrected chi connectivity index (χ2v) is 8.22. The van der Waals surface area contributed by atoms with Crippen molar-refractivity contribution in [2.75, 3.05) is 7.11 Å². The minimum Gasteiger partial charge on any atom is -0.468 e. The van der Waals surface area contributed by atoms with E-state index in [0.29, 0.717) is 11.6 Å². The standard InChI is InChI=1S/C27H21F2N3O7/c1-16-23(25(33)38-15-17-6-4-3-5-7-17)24(21-13-8-18(28)14-22(21)29)31(26(30-16)37-2)27(34)39-20-11-9-19(10-12-20)32(35)36/h3-14,24H,15H2,1-2H3. The smallest absolute Gasteiger partial charge is 0.424 e. The molecule has 0 fully saturated rings. The number of hydrogen-bond acceptors (Lipinski definition) is 8. The molecule has 200 valence electrons. The molecule has 10 nitrogen and oxygen atoms in total. The number of nitrogens with zero attached hydrogens (tertiary/aromatic N) is 3. The Morgan fingerprint density at radius 3 is 2.36 bits per heavy atom. The molecule has 1 aliphatic rings. The van der Waals surface area contributed by atoms with E-state index in [-0.39, 0.29) is 40.9 Å². The average Bonchev–Trinajstić information content (AvgIpc) is 2.92. The third kappa shape index (κ3) is 5.90. The molecular formula is C27H21F2N3O7. The predicted octanol–water partition coefficient (Wildman–Crippen LogP) is 5.45. The summed E-state index contributed by atoms with van der Waals surface area (Å²) < 4.78 is 45.0. The highest BCUT2D eigenvalue weighted by Crippen LogP contribution is 2.38. The van der Waals surface area contributed by atoms with Crippen LogP contribution in [-0.2, 0) is 20.9 Å². The molecule has 1 aliphatic heterocycles. The number of aliphatic imine (C=N–C) groups is 1. The normalized spacial score (nSPS) is 14.9. The van der Waals surface area contributed by atoms with Crippen LogP contribution in [0.2, 0.25) is 0 Å². The molecule has 0 spiro atoms. The third-order valence-electron chi connectivity index (χ3n) is 5.71. The van der Waals surface area contributed by atoms with Crippen LogP contribution in [0.25, 0.3) is 0 Å². The number of halogens is 2. The summed E-state index contributed by atoms with van der Waals surface area (Å²) in [7, 11) is 1.20. The van der Waals surface area contributed by atoms with Crippen LogP contribution in [0.3, 0.4) is 0 Å². The molecule has 0 bridgehead atoms. The van der Waals surface area contributed by atoms with Gasteiger partial charge in [-0.05, 0) is 30.7 Å². The Morgan fingerprint density at radius 2 is 1.74 bits per heavy atom. The first kappa shape index (κ1) is 26.9. The summed E-state index contributed by atoms with van der Waals surface area (Å²) in [6, 6.07) is 14.2. The summed E-state index contributed by atoms with van der Waals surface area (Å²) in [5.74, 6) is -2.91. The van der Waals surface area contributed by atoms with Gasteiger partial charge in [-0.1, -0.05) is 36.4 Å². The van der Waals surface area contributed by atoms with Gasteiger partial charge in [0.2, 0.25) is 0 Å². The minimum absolute atomic E-state index is 0.0676. The first-order chi connectivity index (χ1) is 18.7. The van der Waals surface area contributed by atoms with Gasteiger partial charge < -0.3 is 14.2 Å². The van der Waals surface area contributed by atoms with E-state index in [1.165, 1.54) is 26.2 Å². The quantitative estimate of drug-likeness (QED) is 0.233. The van der Waals surface area contributed by atoms with Crippen molar-refractivity contribution in [3.63, 3.8) is 0 Å². The van der Waals surface area contributed by atoms with Crippen molar-refractivity contribution in [2.24, 2.45) is 4.99 Å². The van der Waals surface area contributed by atoms with Crippen molar-refractivity contribution in [1.82, 2.24) is 4.90 Å². The van der Waals surface area contributed by atoms with Crippen LogP contribution in [0.5, 0.6) is 5.75 Å². The van der Waals surface area contributed by atoms with Crippen molar-refractivity contribution in [3.05, 3.63) is 117 Å². The van der Waals surface area contributed by atoms with E-state index in [0.717, 1.165) is 29.2 Å². The Morgan fingerprint density at radius 1 is 1.05 bits per heavy atom. The van der Waals surface area contributed by atoms with E-state index in [1.54, 1.807) is 30.3 Å². The molecule has 4 rings (SSSR count). The van der Waals surface area contributed by atoms with Gasteiger partial charge in [0.1, 0.15) is 30.0 Å². The van der Waals surface area contributed by atoms with Crippen LogP contribution in [0, 0.1) is 21.7 Å². The molecule has 0 radical (unpaired) electrons. The summed E-state index contributed by atoms with van der Waals surface area (Å²) >= 11 is 0. The lowest BCUT2D eigenvalue weighted by Crippen LogP contribution is -2.46. The summed E-state index contributed by atoms with van der Waals surface area (Å²) in [4.78, 5) is 42.0. The van der Waals surface area contributed by atoms with Gasteiger partial charge in [-0.3, -0.25) is 10.1 Å². The van der Waals surface area contributed by atoms with E-state index < -0.39 is 34.7 Å². The number of rotatable bonds is 6. The molecule has 39 heavy (non-hydrogen) atoms. The number of ether oxygens (including phenoxy) is 3. The number of carbonyl (C=O) groups is 2. The number of non-ortho nitro benzene ring substituents is 1. The molecule has 1 atom stereocenters. The predicted molar refractivity (Wildman–Crippen MR) is 133 cm³/mol. The van der Waals surface area contributed by atoms with E-state index >= 15 is 4.39 Å². The van der Waals surface area contributed by atoms with Crippen molar-refractivity contribution in [3.8, 4) is 5.75 Å². The molecule has 1 heterocycles. The first-order valence-electron chi connectivity index (χ1n) is 11.4. The number of carbonyl (C=O) groups excluding carboxylic acids is 2. The maximum absolute atomic E-state index is 15.1. The van der Waals surface area contributed by atoms with Crippen LogP contribution in [0.1, 0.15) is 24.1 Å². The second-order valence-electron chi connectivity index (χ2n) is 8.22. The summed E-state index contributed by atoms with van der Waals surface area (Å²) in [6.07, 6.45) is -1.15. The SMILES string of the molecule is COC1=NC(C)=C(C(=O)OCc2ccccc2)C(c2ccc(F)cc2F)N1C(=O)Oc1ccc([N+](=O)[O-])cc1. The number of methoxy groups -OCH3 is 1. The summed E-state index contributed by atoms with van der Waals surface area (Å²) in [6.45, 7) is 1.33. The molecule has 1 amide bonds. The molecule has 3 aromatic carbocycles. The average molecular weight is 537 g/mol. The number of esters is 1. The lowest BCUT2D eigenvalue weighted by molar-refractivity contribution is -0.384. The Kier molecular flexibility index (Phi) is 7.94. The van der Waals surface area contributed by atoms with E-state index in [2.05, 4.69) is 4.99 Å². The number of benzene rings is 3. The summed E-state index contributed by atoms with van der Waals surface area (Å²) in [5.41, 5.74) is 0.0450. The topological polar surface area (TPSA) is 121 Å². The van der Waals surface area contributed by atoms with Gasteiger partial charge in [-0.2, -0.15) is 0 Å². The van der Waals surface area contributed by atoms with Gasteiger partial charge in [0.05, 0.1) is 23.3 Å². The van der Waals surface area contributed by atoms with Crippen LogP contribution in [0.4, 0.5) is 19.3 Å². The van der Waals surface area contributed by atoms with E-state index in [9.17, 15) is 24.1 Å². The lowest BCUT2D eigenvalue weighted by atomic mass is 9.94. The van der Waals surface area contributed by atoms with Crippen LogP contribution in [0.15, 0.2) is 89.1 Å². The van der Waals surface area contributed by atoms with Crippen LogP contribution in [-0.4, -0.2) is 35.0 Å². The number of hydrogen-bond donors (Lipinski definition) is 0. The number of amidine groups is 1. The lowest BCUT2D eigenvalue weighted by Gasteiger charge is -2.35. The van der Waals surface area contributed by atoms with Gasteiger partial charge >= 0.3 is 18.1 Å². The maximum Gasteiger partial charge on any atom is 0.424 e. The molecule has 1 unspecified atom stereocenters. The van der Waals surface area contributed by atoms with Crippen molar-refractivity contribution in [2.45, 2.75) is 19.6 Å². The Bertz CT molecular complexity index is 1470. The first-order valence-corrected chi connectivity index (χ1v) is 11.4. The Balaban J connectivity index is 1.74. The van der Waals surface area contributed by atoms with Gasteiger partial charge in [0.25, 0.3) is 5.69 Å². The molecule has 0 aliphatic carbocycles.